The van der Waals surface area contributed by atoms with Crippen LogP contribution in [0.1, 0.15) is 15.9 Å². The number of nitrogen functional groups attached to an aromatic ring is 1. The molecule has 0 aliphatic rings. The van der Waals surface area contributed by atoms with Gasteiger partial charge in [0.25, 0.3) is 5.91 Å². The largest absolute Gasteiger partial charge is 0.497 e. The minimum atomic E-state index is -0.483. The van der Waals surface area contributed by atoms with E-state index in [1.807, 2.05) is 5.43 Å². The highest BCUT2D eigenvalue weighted by atomic mass is 16.5. The van der Waals surface area contributed by atoms with E-state index >= 15 is 0 Å². The summed E-state index contributed by atoms with van der Waals surface area (Å²) < 4.78 is 9.43. The van der Waals surface area contributed by atoms with Gasteiger partial charge < -0.3 is 9.47 Å². The standard InChI is InChI=1S/C10H11N2O4/c1-15-8-3-2-7(5-16-6-13)9(4-8)10(14)12-11/h2-4H,5,11H2,1H3,(H,12,14). The summed E-state index contributed by atoms with van der Waals surface area (Å²) in [5.41, 5.74) is 2.81. The summed E-state index contributed by atoms with van der Waals surface area (Å²) in [6.45, 7) is 1.24. The van der Waals surface area contributed by atoms with Gasteiger partial charge >= 0.3 is 6.47 Å². The molecule has 1 rings (SSSR count). The highest BCUT2D eigenvalue weighted by Gasteiger charge is 2.12. The molecule has 0 unspecified atom stereocenters. The van der Waals surface area contributed by atoms with E-state index in [1.54, 1.807) is 12.1 Å². The number of rotatable bonds is 5. The molecule has 0 saturated heterocycles. The second-order valence-electron chi connectivity index (χ2n) is 2.87. The van der Waals surface area contributed by atoms with E-state index in [2.05, 4.69) is 4.74 Å². The minimum absolute atomic E-state index is 0.0454. The van der Waals surface area contributed by atoms with Crippen LogP contribution in [0.2, 0.25) is 0 Å². The summed E-state index contributed by atoms with van der Waals surface area (Å²) in [4.78, 5) is 21.4. The van der Waals surface area contributed by atoms with E-state index in [9.17, 15) is 9.59 Å². The van der Waals surface area contributed by atoms with Gasteiger partial charge in [-0.3, -0.25) is 10.2 Å². The van der Waals surface area contributed by atoms with Crippen molar-refractivity contribution in [2.24, 2.45) is 5.84 Å². The van der Waals surface area contributed by atoms with Gasteiger partial charge in [0, 0.05) is 5.56 Å². The summed E-state index contributed by atoms with van der Waals surface area (Å²) in [7, 11) is 1.48. The predicted molar refractivity (Wildman–Crippen MR) is 55.1 cm³/mol. The molecule has 1 aromatic carbocycles. The molecule has 1 amide bonds. The quantitative estimate of drug-likeness (QED) is 0.412. The Balaban J connectivity index is 3.05. The highest BCUT2D eigenvalue weighted by Crippen LogP contribution is 2.18. The predicted octanol–water partition coefficient (Wildman–Crippen LogP) is -0.118. The van der Waals surface area contributed by atoms with Crippen LogP contribution in [0.3, 0.4) is 0 Å². The lowest BCUT2D eigenvalue weighted by molar-refractivity contribution is 0.0950. The molecule has 3 N–H and O–H groups in total. The van der Waals surface area contributed by atoms with Crippen molar-refractivity contribution in [1.29, 1.82) is 0 Å². The summed E-state index contributed by atoms with van der Waals surface area (Å²) in [5.74, 6) is 5.06. The van der Waals surface area contributed by atoms with Gasteiger partial charge in [-0.2, -0.15) is 0 Å². The number of methoxy groups -OCH3 is 1. The van der Waals surface area contributed by atoms with Crippen LogP contribution in [-0.4, -0.2) is 19.5 Å². The normalized spacial score (nSPS) is 9.38. The van der Waals surface area contributed by atoms with Gasteiger partial charge in [-0.25, -0.2) is 10.6 Å². The van der Waals surface area contributed by atoms with Crippen molar-refractivity contribution in [3.05, 3.63) is 29.3 Å². The first-order chi connectivity index (χ1) is 7.72. The first-order valence-electron chi connectivity index (χ1n) is 4.39. The smallest absolute Gasteiger partial charge is 0.417 e. The molecule has 1 radical (unpaired) electrons. The summed E-state index contributed by atoms with van der Waals surface area (Å²) >= 11 is 0. The fourth-order valence-corrected chi connectivity index (χ4v) is 1.20. The molecule has 16 heavy (non-hydrogen) atoms. The number of benzene rings is 1. The average Bonchev–Trinajstić information content (AvgIpc) is 2.35. The second kappa shape index (κ2) is 5.72. The van der Waals surface area contributed by atoms with Crippen LogP contribution in [0.25, 0.3) is 0 Å². The van der Waals surface area contributed by atoms with Crippen molar-refractivity contribution < 1.29 is 19.1 Å². The topological polar surface area (TPSA) is 90.6 Å². The molecule has 1 aromatic rings. The fourth-order valence-electron chi connectivity index (χ4n) is 1.20. The number of hydrogen-bond donors (Lipinski definition) is 2. The van der Waals surface area contributed by atoms with E-state index in [4.69, 9.17) is 10.6 Å². The number of nitrogens with one attached hydrogen (secondary N) is 1. The third-order valence-electron chi connectivity index (χ3n) is 1.98. The third-order valence-corrected chi connectivity index (χ3v) is 1.98. The third kappa shape index (κ3) is 2.71. The van der Waals surface area contributed by atoms with Crippen LogP contribution in [0.5, 0.6) is 5.75 Å². The Bertz CT molecular complexity index is 392. The van der Waals surface area contributed by atoms with Crippen LogP contribution in [0, 0.1) is 0 Å². The minimum Gasteiger partial charge on any atom is -0.497 e. The molecule has 85 valence electrons. The molecule has 0 saturated carbocycles. The maximum absolute atomic E-state index is 11.4. The van der Waals surface area contributed by atoms with E-state index in [-0.39, 0.29) is 12.2 Å². The fraction of sp³-hybridized carbons (Fsp3) is 0.200. The Labute approximate surface area is 92.3 Å². The molecular weight excluding hydrogens is 212 g/mol. The van der Waals surface area contributed by atoms with E-state index in [0.29, 0.717) is 11.3 Å². The van der Waals surface area contributed by atoms with Gasteiger partial charge in [-0.15, -0.1) is 0 Å². The second-order valence-corrected chi connectivity index (χ2v) is 2.87. The summed E-state index contributed by atoms with van der Waals surface area (Å²) in [5, 5.41) is 0. The summed E-state index contributed by atoms with van der Waals surface area (Å²) in [6, 6.07) is 4.77. The zero-order valence-electron chi connectivity index (χ0n) is 8.65. The molecule has 6 nitrogen and oxygen atoms in total. The molecule has 0 atom stereocenters. The molecule has 0 bridgehead atoms. The number of hydrazine groups is 1. The lowest BCUT2D eigenvalue weighted by Gasteiger charge is -2.09. The molecule has 0 heterocycles. The van der Waals surface area contributed by atoms with E-state index in [1.165, 1.54) is 19.6 Å². The van der Waals surface area contributed by atoms with Crippen molar-refractivity contribution in [2.45, 2.75) is 6.61 Å². The van der Waals surface area contributed by atoms with Crippen molar-refractivity contribution in [3.8, 4) is 5.75 Å². The Morgan fingerprint density at radius 2 is 2.31 bits per heavy atom. The van der Waals surface area contributed by atoms with Crippen molar-refractivity contribution >= 4 is 12.4 Å². The van der Waals surface area contributed by atoms with Gasteiger partial charge in [-0.05, 0) is 12.1 Å². The van der Waals surface area contributed by atoms with Gasteiger partial charge in [0.1, 0.15) is 12.4 Å². The number of nitrogens with two attached hydrogens (primary N) is 1. The lowest BCUT2D eigenvalue weighted by Crippen LogP contribution is -2.30. The van der Waals surface area contributed by atoms with Crippen LogP contribution < -0.4 is 16.0 Å². The number of carbonyl (C=O) groups is 1. The highest BCUT2D eigenvalue weighted by molar-refractivity contribution is 5.95. The maximum atomic E-state index is 11.4. The molecule has 0 aliphatic carbocycles. The number of ether oxygens (including phenoxy) is 2. The Hall–Kier alpha value is -2.08. The molecular formula is C10H11N2O4. The number of hydrogen-bond acceptors (Lipinski definition) is 5. The van der Waals surface area contributed by atoms with Gasteiger partial charge in [-0.1, -0.05) is 6.07 Å². The van der Waals surface area contributed by atoms with Crippen molar-refractivity contribution in [1.82, 2.24) is 5.43 Å². The van der Waals surface area contributed by atoms with Crippen LogP contribution in [0.4, 0.5) is 0 Å². The maximum Gasteiger partial charge on any atom is 0.417 e. The Morgan fingerprint density at radius 1 is 1.56 bits per heavy atom. The Kier molecular flexibility index (Phi) is 4.28. The zero-order chi connectivity index (χ0) is 12.0. The molecule has 0 aliphatic heterocycles. The summed E-state index contributed by atoms with van der Waals surface area (Å²) in [6.07, 6.45) is 0. The van der Waals surface area contributed by atoms with Gasteiger partial charge in [0.05, 0.1) is 12.7 Å². The first-order valence-corrected chi connectivity index (χ1v) is 4.39. The van der Waals surface area contributed by atoms with Crippen LogP contribution >= 0.6 is 0 Å². The number of amides is 1. The monoisotopic (exact) mass is 223 g/mol. The first kappa shape index (κ1) is 12.0. The molecule has 0 spiro atoms. The van der Waals surface area contributed by atoms with E-state index in [0.717, 1.165) is 0 Å². The average molecular weight is 223 g/mol. The lowest BCUT2D eigenvalue weighted by atomic mass is 10.1. The number of carbonyl (C=O) groups excluding carboxylic acids is 2. The molecule has 6 heteroatoms. The zero-order valence-corrected chi connectivity index (χ0v) is 8.65. The van der Waals surface area contributed by atoms with Crippen molar-refractivity contribution in [3.63, 3.8) is 0 Å². The van der Waals surface area contributed by atoms with Gasteiger partial charge in [0.2, 0.25) is 0 Å². The van der Waals surface area contributed by atoms with Crippen molar-refractivity contribution in [2.75, 3.05) is 7.11 Å². The SMILES string of the molecule is COc1ccc(CO[C]=O)c(C(=O)NN)c1. The van der Waals surface area contributed by atoms with Crippen LogP contribution in [-0.2, 0) is 16.1 Å². The molecule has 0 fully saturated rings. The molecule has 0 aromatic heterocycles. The van der Waals surface area contributed by atoms with Gasteiger partial charge in [0.15, 0.2) is 0 Å². The van der Waals surface area contributed by atoms with Crippen LogP contribution in [0.15, 0.2) is 18.2 Å². The van der Waals surface area contributed by atoms with E-state index < -0.39 is 5.91 Å². The Morgan fingerprint density at radius 3 is 2.88 bits per heavy atom.